The van der Waals surface area contributed by atoms with Gasteiger partial charge in [0.25, 0.3) is 0 Å². The first-order valence-corrected chi connectivity index (χ1v) is 8.11. The van der Waals surface area contributed by atoms with Gasteiger partial charge in [0.2, 0.25) is 5.91 Å². The minimum absolute atomic E-state index is 0.0827. The van der Waals surface area contributed by atoms with Crippen molar-refractivity contribution < 1.29 is 14.3 Å². The average molecular weight is 326 g/mol. The summed E-state index contributed by atoms with van der Waals surface area (Å²) in [5.41, 5.74) is -0.484. The molecule has 0 aromatic carbocycles. The molecule has 2 amide bonds. The number of hydrogen-bond acceptors (Lipinski definition) is 6. The normalized spacial score (nSPS) is 16.4. The summed E-state index contributed by atoms with van der Waals surface area (Å²) in [6, 6.07) is 0. The molecule has 1 N–H and O–H groups in total. The van der Waals surface area contributed by atoms with Crippen molar-refractivity contribution in [2.45, 2.75) is 26.4 Å². The van der Waals surface area contributed by atoms with E-state index < -0.39 is 5.60 Å². The van der Waals surface area contributed by atoms with E-state index in [-0.39, 0.29) is 12.0 Å². The largest absolute Gasteiger partial charge is 0.444 e. The maximum atomic E-state index is 12.0. The second kappa shape index (κ2) is 7.06. The van der Waals surface area contributed by atoms with Crippen LogP contribution in [0.1, 0.15) is 20.8 Å². The number of hydrogen-bond donors (Lipinski definition) is 1. The van der Waals surface area contributed by atoms with Crippen molar-refractivity contribution in [2.24, 2.45) is 0 Å². The van der Waals surface area contributed by atoms with Gasteiger partial charge in [0.15, 0.2) is 5.13 Å². The summed E-state index contributed by atoms with van der Waals surface area (Å²) in [6.07, 6.45) is 1.36. The van der Waals surface area contributed by atoms with Crippen molar-refractivity contribution in [3.05, 3.63) is 11.6 Å². The van der Waals surface area contributed by atoms with E-state index in [0.29, 0.717) is 37.9 Å². The third-order valence-electron chi connectivity index (χ3n) is 3.07. The fourth-order valence-corrected chi connectivity index (χ4v) is 2.61. The zero-order chi connectivity index (χ0) is 16.2. The van der Waals surface area contributed by atoms with E-state index in [2.05, 4.69) is 10.3 Å². The van der Waals surface area contributed by atoms with E-state index in [1.54, 1.807) is 11.1 Å². The first kappa shape index (κ1) is 16.7. The van der Waals surface area contributed by atoms with Gasteiger partial charge in [-0.2, -0.15) is 0 Å². The van der Waals surface area contributed by atoms with Gasteiger partial charge in [-0.1, -0.05) is 0 Å². The maximum Gasteiger partial charge on any atom is 0.410 e. The van der Waals surface area contributed by atoms with Crippen LogP contribution in [0.25, 0.3) is 0 Å². The van der Waals surface area contributed by atoms with Crippen LogP contribution in [0, 0.1) is 0 Å². The van der Waals surface area contributed by atoms with Crippen molar-refractivity contribution >= 4 is 28.5 Å². The predicted molar refractivity (Wildman–Crippen MR) is 85.0 cm³/mol. The number of rotatable bonds is 3. The number of anilines is 1. The molecule has 1 fully saturated rings. The van der Waals surface area contributed by atoms with E-state index >= 15 is 0 Å². The SMILES string of the molecule is CC(C)(C)OC(=O)N1CCN(CC(=O)Nc2nccs2)CC1. The number of carbonyl (C=O) groups is 2. The molecule has 1 aromatic rings. The Morgan fingerprint density at radius 3 is 2.55 bits per heavy atom. The number of carbonyl (C=O) groups excluding carboxylic acids is 2. The highest BCUT2D eigenvalue weighted by molar-refractivity contribution is 7.13. The highest BCUT2D eigenvalue weighted by atomic mass is 32.1. The third-order valence-corrected chi connectivity index (χ3v) is 3.76. The minimum Gasteiger partial charge on any atom is -0.444 e. The van der Waals surface area contributed by atoms with E-state index in [0.717, 1.165) is 0 Å². The summed E-state index contributed by atoms with van der Waals surface area (Å²) in [5.74, 6) is -0.0827. The van der Waals surface area contributed by atoms with Crippen LogP contribution in [-0.2, 0) is 9.53 Å². The van der Waals surface area contributed by atoms with Gasteiger partial charge >= 0.3 is 6.09 Å². The Morgan fingerprint density at radius 1 is 1.32 bits per heavy atom. The van der Waals surface area contributed by atoms with Crippen LogP contribution in [0.2, 0.25) is 0 Å². The molecule has 2 rings (SSSR count). The molecule has 0 bridgehead atoms. The van der Waals surface area contributed by atoms with E-state index in [4.69, 9.17) is 4.74 Å². The summed E-state index contributed by atoms with van der Waals surface area (Å²) in [7, 11) is 0. The van der Waals surface area contributed by atoms with Crippen molar-refractivity contribution in [3.63, 3.8) is 0 Å². The lowest BCUT2D eigenvalue weighted by Gasteiger charge is -2.35. The summed E-state index contributed by atoms with van der Waals surface area (Å²) < 4.78 is 5.35. The fourth-order valence-electron chi connectivity index (χ4n) is 2.06. The average Bonchev–Trinajstić information content (AvgIpc) is 2.90. The van der Waals surface area contributed by atoms with Crippen LogP contribution < -0.4 is 5.32 Å². The molecule has 2 heterocycles. The first-order chi connectivity index (χ1) is 10.3. The second-order valence-electron chi connectivity index (χ2n) is 6.13. The van der Waals surface area contributed by atoms with Gasteiger partial charge in [0.05, 0.1) is 6.54 Å². The molecule has 8 heteroatoms. The molecule has 1 aromatic heterocycles. The topological polar surface area (TPSA) is 74.8 Å². The zero-order valence-electron chi connectivity index (χ0n) is 13.2. The Kier molecular flexibility index (Phi) is 5.36. The second-order valence-corrected chi connectivity index (χ2v) is 7.02. The minimum atomic E-state index is -0.484. The number of ether oxygens (including phenoxy) is 1. The molecule has 1 aliphatic rings. The van der Waals surface area contributed by atoms with E-state index in [1.807, 2.05) is 31.1 Å². The number of aromatic nitrogens is 1. The molecule has 0 radical (unpaired) electrons. The van der Waals surface area contributed by atoms with Crippen LogP contribution in [-0.4, -0.2) is 65.1 Å². The number of nitrogens with zero attached hydrogens (tertiary/aromatic N) is 3. The van der Waals surface area contributed by atoms with Crippen LogP contribution in [0.5, 0.6) is 0 Å². The Hall–Kier alpha value is -1.67. The number of amides is 2. The maximum absolute atomic E-state index is 12.0. The zero-order valence-corrected chi connectivity index (χ0v) is 14.0. The Bertz CT molecular complexity index is 505. The molecule has 22 heavy (non-hydrogen) atoms. The number of piperazine rings is 1. The third kappa shape index (κ3) is 5.27. The van der Waals surface area contributed by atoms with Gasteiger partial charge in [-0.05, 0) is 20.8 Å². The van der Waals surface area contributed by atoms with Crippen LogP contribution in [0.4, 0.5) is 9.93 Å². The Balaban J connectivity index is 1.73. The summed E-state index contributed by atoms with van der Waals surface area (Å²) in [6.45, 7) is 8.31. The highest BCUT2D eigenvalue weighted by Crippen LogP contribution is 2.13. The van der Waals surface area contributed by atoms with E-state index in [1.165, 1.54) is 11.3 Å². The fraction of sp³-hybridized carbons (Fsp3) is 0.643. The summed E-state index contributed by atoms with van der Waals surface area (Å²) in [4.78, 5) is 31.6. The lowest BCUT2D eigenvalue weighted by molar-refractivity contribution is -0.117. The van der Waals surface area contributed by atoms with Crippen LogP contribution in [0.3, 0.4) is 0 Å². The van der Waals surface area contributed by atoms with Crippen molar-refractivity contribution in [3.8, 4) is 0 Å². The molecule has 0 saturated carbocycles. The molecule has 7 nitrogen and oxygen atoms in total. The molecule has 1 saturated heterocycles. The Morgan fingerprint density at radius 2 is 2.00 bits per heavy atom. The van der Waals surface area contributed by atoms with Crippen molar-refractivity contribution in [2.75, 3.05) is 38.0 Å². The van der Waals surface area contributed by atoms with Gasteiger partial charge in [-0.3, -0.25) is 9.69 Å². The monoisotopic (exact) mass is 326 g/mol. The molecule has 0 unspecified atom stereocenters. The molecular formula is C14H22N4O3S. The lowest BCUT2D eigenvalue weighted by atomic mass is 10.2. The van der Waals surface area contributed by atoms with Gasteiger partial charge in [0, 0.05) is 37.8 Å². The van der Waals surface area contributed by atoms with Crippen molar-refractivity contribution in [1.82, 2.24) is 14.8 Å². The molecule has 1 aliphatic heterocycles. The molecule has 122 valence electrons. The van der Waals surface area contributed by atoms with Crippen molar-refractivity contribution in [1.29, 1.82) is 0 Å². The highest BCUT2D eigenvalue weighted by Gasteiger charge is 2.26. The quantitative estimate of drug-likeness (QED) is 0.914. The van der Waals surface area contributed by atoms with Crippen LogP contribution >= 0.6 is 11.3 Å². The molecule has 0 spiro atoms. The summed E-state index contributed by atoms with van der Waals surface area (Å²) in [5, 5.41) is 5.18. The van der Waals surface area contributed by atoms with E-state index in [9.17, 15) is 9.59 Å². The number of nitrogens with one attached hydrogen (secondary N) is 1. The Labute approximate surface area is 134 Å². The lowest BCUT2D eigenvalue weighted by Crippen LogP contribution is -2.51. The van der Waals surface area contributed by atoms with Crippen LogP contribution in [0.15, 0.2) is 11.6 Å². The molecular weight excluding hydrogens is 304 g/mol. The summed E-state index contributed by atoms with van der Waals surface area (Å²) >= 11 is 1.39. The van der Waals surface area contributed by atoms with Gasteiger partial charge in [-0.25, -0.2) is 9.78 Å². The number of thiazole rings is 1. The predicted octanol–water partition coefficient (Wildman–Crippen LogP) is 1.63. The molecule has 0 aliphatic carbocycles. The standard InChI is InChI=1S/C14H22N4O3S/c1-14(2,3)21-13(20)18-7-5-17(6-8-18)10-11(19)16-12-15-4-9-22-12/h4,9H,5-8,10H2,1-3H3,(H,15,16,19). The smallest absolute Gasteiger partial charge is 0.410 e. The first-order valence-electron chi connectivity index (χ1n) is 7.23. The molecule has 0 atom stereocenters. The van der Waals surface area contributed by atoms with Gasteiger partial charge in [-0.15, -0.1) is 11.3 Å². The van der Waals surface area contributed by atoms with Gasteiger partial charge in [0.1, 0.15) is 5.60 Å². The van der Waals surface area contributed by atoms with Gasteiger partial charge < -0.3 is 15.0 Å².